The molecule has 8 rings (SSSR count). The number of imidazole rings is 1. The quantitative estimate of drug-likeness (QED) is 0.364. The van der Waals surface area contributed by atoms with Crippen LogP contribution in [-0.2, 0) is 13.6 Å². The van der Waals surface area contributed by atoms with Crippen LogP contribution in [0.15, 0.2) is 36.4 Å². The van der Waals surface area contributed by atoms with Gasteiger partial charge in [0, 0.05) is 48.7 Å². The fourth-order valence-electron chi connectivity index (χ4n) is 7.89. The lowest BCUT2D eigenvalue weighted by Gasteiger charge is -2.27. The van der Waals surface area contributed by atoms with Crippen LogP contribution in [0.1, 0.15) is 60.4 Å². The Balaban J connectivity index is 1.22. The third kappa shape index (κ3) is 4.09. The van der Waals surface area contributed by atoms with Crippen molar-refractivity contribution in [3.63, 3.8) is 0 Å². The van der Waals surface area contributed by atoms with Gasteiger partial charge in [0.2, 0.25) is 0 Å². The topological polar surface area (TPSA) is 90.3 Å². The van der Waals surface area contributed by atoms with Gasteiger partial charge in [-0.15, -0.1) is 0 Å². The van der Waals surface area contributed by atoms with E-state index in [1.165, 1.54) is 42.1 Å². The second kappa shape index (κ2) is 9.60. The summed E-state index contributed by atoms with van der Waals surface area (Å²) in [5, 5.41) is 4.76. The van der Waals surface area contributed by atoms with Crippen LogP contribution in [0, 0.1) is 11.8 Å². The number of hydrogen-bond donors (Lipinski definition) is 2. The van der Waals surface area contributed by atoms with Gasteiger partial charge >= 0.3 is 0 Å². The highest BCUT2D eigenvalue weighted by molar-refractivity contribution is 6.00. The zero-order valence-electron chi connectivity index (χ0n) is 24.1. The molecule has 2 aliphatic carbocycles. The van der Waals surface area contributed by atoms with Crippen LogP contribution >= 0.6 is 0 Å². The van der Waals surface area contributed by atoms with Gasteiger partial charge in [0.05, 0.1) is 18.3 Å². The minimum Gasteiger partial charge on any atom is -0.494 e. The van der Waals surface area contributed by atoms with E-state index < -0.39 is 0 Å². The highest BCUT2D eigenvalue weighted by Crippen LogP contribution is 2.41. The summed E-state index contributed by atoms with van der Waals surface area (Å²) in [5.74, 6) is 3.38. The van der Waals surface area contributed by atoms with Crippen molar-refractivity contribution in [2.45, 2.75) is 63.1 Å². The van der Waals surface area contributed by atoms with E-state index in [2.05, 4.69) is 45.8 Å². The fourth-order valence-corrected chi connectivity index (χ4v) is 7.89. The largest absolute Gasteiger partial charge is 0.494 e. The lowest BCUT2D eigenvalue weighted by molar-refractivity contribution is 0.0700. The van der Waals surface area contributed by atoms with Gasteiger partial charge in [-0.3, -0.25) is 4.79 Å². The minimum atomic E-state index is 0.0355. The average Bonchev–Trinajstić information content (AvgIpc) is 3.41. The molecule has 8 heteroatoms. The molecule has 2 aromatic carbocycles. The molecule has 2 aliphatic heterocycles. The Kier molecular flexibility index (Phi) is 5.94. The molecular formula is C33H40N6O2. The van der Waals surface area contributed by atoms with E-state index in [9.17, 15) is 4.79 Å². The molecule has 3 N–H and O–H groups in total. The van der Waals surface area contributed by atoms with E-state index in [0.29, 0.717) is 23.1 Å². The summed E-state index contributed by atoms with van der Waals surface area (Å²) in [4.78, 5) is 20.9. The van der Waals surface area contributed by atoms with Crippen LogP contribution in [0.4, 0.5) is 0 Å². The number of likely N-dealkylation sites (tertiary alicyclic amines) is 1. The highest BCUT2D eigenvalue weighted by Gasteiger charge is 2.47. The molecule has 214 valence electrons. The molecule has 0 radical (unpaired) electrons. The molecule has 4 fully saturated rings. The summed E-state index contributed by atoms with van der Waals surface area (Å²) >= 11 is 0. The van der Waals surface area contributed by atoms with Crippen molar-refractivity contribution in [2.24, 2.45) is 24.6 Å². The molecule has 0 unspecified atom stereocenters. The first-order valence-corrected chi connectivity index (χ1v) is 15.5. The molecule has 2 aromatic heterocycles. The van der Waals surface area contributed by atoms with E-state index in [1.807, 2.05) is 17.0 Å². The van der Waals surface area contributed by atoms with Crippen LogP contribution < -0.4 is 15.8 Å². The van der Waals surface area contributed by atoms with Gasteiger partial charge in [-0.05, 0) is 99.2 Å². The summed E-state index contributed by atoms with van der Waals surface area (Å²) in [5.41, 5.74) is 12.6. The van der Waals surface area contributed by atoms with E-state index in [4.69, 9.17) is 15.5 Å². The number of nitrogens with two attached hydrogens (primary N) is 1. The fraction of sp³-hybridized carbons (Fsp3) is 0.515. The number of aromatic nitrogens is 3. The van der Waals surface area contributed by atoms with Crippen LogP contribution in [0.3, 0.4) is 0 Å². The Hall–Kier alpha value is -3.36. The van der Waals surface area contributed by atoms with E-state index >= 15 is 0 Å². The Morgan fingerprint density at radius 3 is 2.61 bits per heavy atom. The van der Waals surface area contributed by atoms with E-state index in [0.717, 1.165) is 67.5 Å². The molecular weight excluding hydrogens is 512 g/mol. The molecule has 8 nitrogen and oxygen atoms in total. The summed E-state index contributed by atoms with van der Waals surface area (Å²) < 4.78 is 10.5. The number of methoxy groups -OCH3 is 1. The Morgan fingerprint density at radius 1 is 1.07 bits per heavy atom. The Bertz CT molecular complexity index is 1660. The Labute approximate surface area is 240 Å². The number of carbonyl (C=O) groups excluding carboxylic acids is 1. The molecule has 2 saturated heterocycles. The number of aryl methyl sites for hydroxylation is 1. The summed E-state index contributed by atoms with van der Waals surface area (Å²) in [6.45, 7) is 3.94. The normalized spacial score (nSPS) is 24.7. The molecule has 3 atom stereocenters. The number of rotatable bonds is 6. The number of carbonyl (C=O) groups is 1. The lowest BCUT2D eigenvalue weighted by Crippen LogP contribution is -2.41. The lowest BCUT2D eigenvalue weighted by atomic mass is 9.90. The van der Waals surface area contributed by atoms with Gasteiger partial charge in [0.25, 0.3) is 5.91 Å². The molecule has 41 heavy (non-hydrogen) atoms. The van der Waals surface area contributed by atoms with Gasteiger partial charge in [-0.1, -0.05) is 12.1 Å². The molecule has 2 bridgehead atoms. The van der Waals surface area contributed by atoms with Crippen molar-refractivity contribution in [1.82, 2.24) is 24.3 Å². The van der Waals surface area contributed by atoms with Crippen LogP contribution in [0.2, 0.25) is 0 Å². The first kappa shape index (κ1) is 25.4. The van der Waals surface area contributed by atoms with E-state index in [1.54, 1.807) is 7.11 Å². The van der Waals surface area contributed by atoms with Crippen molar-refractivity contribution in [3.8, 4) is 17.3 Å². The number of hydrogen-bond acceptors (Lipinski definition) is 5. The maximum Gasteiger partial charge on any atom is 0.254 e. The molecule has 4 aromatic rings. The average molecular weight is 553 g/mol. The monoisotopic (exact) mass is 552 g/mol. The number of ether oxygens (including phenoxy) is 1. The van der Waals surface area contributed by atoms with Gasteiger partial charge in [0.1, 0.15) is 11.3 Å². The van der Waals surface area contributed by atoms with Gasteiger partial charge in [0.15, 0.2) is 5.82 Å². The second-order valence-corrected chi connectivity index (χ2v) is 12.9. The predicted octanol–water partition coefficient (Wildman–Crippen LogP) is 4.64. The smallest absolute Gasteiger partial charge is 0.254 e. The number of amides is 1. The molecule has 2 saturated carbocycles. The van der Waals surface area contributed by atoms with Gasteiger partial charge in [-0.25, -0.2) is 4.98 Å². The van der Waals surface area contributed by atoms with Crippen molar-refractivity contribution in [3.05, 3.63) is 47.5 Å². The van der Waals surface area contributed by atoms with E-state index in [-0.39, 0.29) is 18.0 Å². The maximum atomic E-state index is 13.7. The number of fused-ring (bicyclic) bond motifs is 4. The zero-order chi connectivity index (χ0) is 27.8. The molecule has 1 amide bonds. The number of benzene rings is 2. The summed E-state index contributed by atoms with van der Waals surface area (Å²) in [7, 11) is 3.74. The Morgan fingerprint density at radius 2 is 1.90 bits per heavy atom. The van der Waals surface area contributed by atoms with Crippen LogP contribution in [0.25, 0.3) is 33.5 Å². The first-order chi connectivity index (χ1) is 20.0. The standard InChI is InChI=1S/C33H40N6O2/c1-37-31-25(13-24(16-29(31)41-2)33(40)39-18-23-7-8-26(39)30(23)34)36-32(37)28-15-22-6-5-21(20-9-11-35-12-10-20)14-27(22)38(28)17-19-3-4-19/h5-6,13-16,19-20,23,26,30,35H,3-4,7-12,17-18,34H2,1-2H3/t23-,26-,30-/m1/s1. The number of nitrogens with one attached hydrogen (secondary N) is 1. The molecule has 4 heterocycles. The highest BCUT2D eigenvalue weighted by atomic mass is 16.5. The third-order valence-corrected chi connectivity index (χ3v) is 10.4. The third-order valence-electron chi connectivity index (χ3n) is 10.4. The van der Waals surface area contributed by atoms with Crippen molar-refractivity contribution >= 4 is 27.8 Å². The zero-order valence-corrected chi connectivity index (χ0v) is 24.1. The van der Waals surface area contributed by atoms with Crippen molar-refractivity contribution < 1.29 is 9.53 Å². The van der Waals surface area contributed by atoms with Crippen molar-refractivity contribution in [1.29, 1.82) is 0 Å². The SMILES string of the molecule is COc1cc(C(=O)N2C[C@H]3CC[C@@H]2[C@@H]3N)cc2nc(-c3cc4ccc(C5CCNCC5)cc4n3CC3CC3)n(C)c12. The maximum absolute atomic E-state index is 13.7. The summed E-state index contributed by atoms with van der Waals surface area (Å²) in [6.07, 6.45) is 7.08. The summed E-state index contributed by atoms with van der Waals surface area (Å²) in [6, 6.07) is 13.4. The first-order valence-electron chi connectivity index (χ1n) is 15.5. The minimum absolute atomic E-state index is 0.0355. The van der Waals surface area contributed by atoms with Crippen LogP contribution in [0.5, 0.6) is 5.75 Å². The molecule has 4 aliphatic rings. The predicted molar refractivity (Wildman–Crippen MR) is 161 cm³/mol. The van der Waals surface area contributed by atoms with Gasteiger partial charge < -0.3 is 29.8 Å². The molecule has 0 spiro atoms. The second-order valence-electron chi connectivity index (χ2n) is 12.9. The van der Waals surface area contributed by atoms with Crippen molar-refractivity contribution in [2.75, 3.05) is 26.7 Å². The number of piperidine rings is 2. The van der Waals surface area contributed by atoms with Gasteiger partial charge in [-0.2, -0.15) is 0 Å². The number of nitrogens with zero attached hydrogens (tertiary/aromatic N) is 4. The van der Waals surface area contributed by atoms with Crippen LogP contribution in [-0.4, -0.2) is 63.8 Å².